The number of sulfonamides is 1. The molecule has 0 saturated carbocycles. The van der Waals surface area contributed by atoms with Crippen LogP contribution in [-0.2, 0) is 10.0 Å². The van der Waals surface area contributed by atoms with Crippen LogP contribution in [-0.4, -0.2) is 32.7 Å². The second-order valence-electron chi connectivity index (χ2n) is 5.35. The van der Waals surface area contributed by atoms with Crippen LogP contribution < -0.4 is 11.1 Å². The lowest BCUT2D eigenvalue weighted by molar-refractivity contribution is 0.0995. The highest BCUT2D eigenvalue weighted by atomic mass is 35.5. The number of carbonyl (C=O) groups excluding carboxylic acids is 1. The third-order valence-electron chi connectivity index (χ3n) is 3.36. The van der Waals surface area contributed by atoms with Crippen molar-refractivity contribution in [1.82, 2.24) is 4.31 Å². The highest BCUT2D eigenvalue weighted by molar-refractivity contribution is 7.89. The van der Waals surface area contributed by atoms with Gasteiger partial charge in [0.25, 0.3) is 5.91 Å². The van der Waals surface area contributed by atoms with Gasteiger partial charge in [-0.2, -0.15) is 0 Å². The molecule has 0 spiro atoms. The van der Waals surface area contributed by atoms with Crippen LogP contribution in [0.4, 0.5) is 11.4 Å². The largest absolute Gasteiger partial charge is 0.455 e. The van der Waals surface area contributed by atoms with Crippen molar-refractivity contribution in [3.8, 4) is 0 Å². The number of carbonyl (C=O) groups is 1. The standard InChI is InChI=1S/C15H19N3O4S.ClH/c1-9-5-6-11(16)7-12(9)17-15(19)13-8-14(10(2)22-13)23(20,21)18(3)4;/h5-8H,16H2,1-4H3,(H,17,19);1H. The lowest BCUT2D eigenvalue weighted by atomic mass is 10.2. The average molecular weight is 374 g/mol. The summed E-state index contributed by atoms with van der Waals surface area (Å²) in [5.41, 5.74) is 7.59. The molecule has 24 heavy (non-hydrogen) atoms. The van der Waals surface area contributed by atoms with Gasteiger partial charge < -0.3 is 15.5 Å². The van der Waals surface area contributed by atoms with Gasteiger partial charge in [-0.05, 0) is 31.5 Å². The van der Waals surface area contributed by atoms with Crippen LogP contribution in [0.2, 0.25) is 0 Å². The van der Waals surface area contributed by atoms with Crippen LogP contribution in [0.3, 0.4) is 0 Å². The number of benzene rings is 1. The maximum absolute atomic E-state index is 12.3. The fourth-order valence-electron chi connectivity index (χ4n) is 1.99. The lowest BCUT2D eigenvalue weighted by Gasteiger charge is -2.09. The lowest BCUT2D eigenvalue weighted by Crippen LogP contribution is -2.22. The first-order valence-corrected chi connectivity index (χ1v) is 8.27. The Morgan fingerprint density at radius 2 is 1.83 bits per heavy atom. The van der Waals surface area contributed by atoms with Gasteiger partial charge in [0, 0.05) is 31.5 Å². The molecule has 2 aromatic rings. The molecule has 0 aliphatic rings. The fraction of sp³-hybridized carbons (Fsp3) is 0.267. The number of amides is 1. The summed E-state index contributed by atoms with van der Waals surface area (Å²) in [7, 11) is -0.840. The van der Waals surface area contributed by atoms with Crippen LogP contribution in [0, 0.1) is 13.8 Å². The predicted octanol–water partition coefficient (Wildman–Crippen LogP) is 2.40. The molecule has 1 heterocycles. The van der Waals surface area contributed by atoms with Crippen molar-refractivity contribution in [1.29, 1.82) is 0 Å². The number of nitrogens with one attached hydrogen (secondary N) is 1. The van der Waals surface area contributed by atoms with E-state index in [4.69, 9.17) is 10.2 Å². The molecule has 0 saturated heterocycles. The summed E-state index contributed by atoms with van der Waals surface area (Å²) in [5, 5.41) is 2.67. The summed E-state index contributed by atoms with van der Waals surface area (Å²) in [5.74, 6) is -0.458. The summed E-state index contributed by atoms with van der Waals surface area (Å²) in [6, 6.07) is 6.35. The number of rotatable bonds is 4. The molecular formula is C15H20ClN3O4S. The third kappa shape index (κ3) is 3.89. The van der Waals surface area contributed by atoms with Crippen molar-refractivity contribution < 1.29 is 17.6 Å². The molecule has 7 nitrogen and oxygen atoms in total. The molecule has 0 atom stereocenters. The van der Waals surface area contributed by atoms with Gasteiger partial charge in [-0.25, -0.2) is 12.7 Å². The van der Waals surface area contributed by atoms with E-state index in [9.17, 15) is 13.2 Å². The number of hydrogen-bond acceptors (Lipinski definition) is 5. The minimum absolute atomic E-state index is 0. The van der Waals surface area contributed by atoms with Gasteiger partial charge in [0.15, 0.2) is 5.76 Å². The molecule has 132 valence electrons. The molecular weight excluding hydrogens is 354 g/mol. The molecule has 0 bridgehead atoms. The molecule has 2 rings (SSSR count). The second-order valence-corrected chi connectivity index (χ2v) is 7.47. The van der Waals surface area contributed by atoms with E-state index in [-0.39, 0.29) is 28.8 Å². The van der Waals surface area contributed by atoms with Crippen LogP contribution in [0.15, 0.2) is 33.6 Å². The van der Waals surface area contributed by atoms with Crippen molar-refractivity contribution in [2.75, 3.05) is 25.1 Å². The number of nitrogen functional groups attached to an aromatic ring is 1. The zero-order valence-corrected chi connectivity index (χ0v) is 15.4. The summed E-state index contributed by atoms with van der Waals surface area (Å²) >= 11 is 0. The van der Waals surface area contributed by atoms with Crippen molar-refractivity contribution in [2.45, 2.75) is 18.7 Å². The molecule has 1 amide bonds. The average Bonchev–Trinajstić information content (AvgIpc) is 2.85. The molecule has 1 aromatic heterocycles. The number of anilines is 2. The van der Waals surface area contributed by atoms with Crippen LogP contribution >= 0.6 is 12.4 Å². The minimum atomic E-state index is -3.67. The maximum atomic E-state index is 12.3. The summed E-state index contributed by atoms with van der Waals surface area (Å²) in [6.07, 6.45) is 0. The van der Waals surface area contributed by atoms with E-state index in [1.54, 1.807) is 18.2 Å². The van der Waals surface area contributed by atoms with Gasteiger partial charge in [0.2, 0.25) is 10.0 Å². The summed E-state index contributed by atoms with van der Waals surface area (Å²) < 4.78 is 30.7. The van der Waals surface area contributed by atoms with E-state index in [1.807, 2.05) is 6.92 Å². The van der Waals surface area contributed by atoms with Crippen molar-refractivity contribution in [3.63, 3.8) is 0 Å². The van der Waals surface area contributed by atoms with E-state index in [0.29, 0.717) is 11.4 Å². The van der Waals surface area contributed by atoms with Gasteiger partial charge in [-0.15, -0.1) is 12.4 Å². The SMILES string of the molecule is Cc1ccc(N)cc1NC(=O)c1cc(S(=O)(=O)N(C)C)c(C)o1.Cl. The summed E-state index contributed by atoms with van der Waals surface area (Å²) in [6.45, 7) is 3.32. The van der Waals surface area contributed by atoms with Gasteiger partial charge >= 0.3 is 0 Å². The zero-order valence-electron chi connectivity index (χ0n) is 13.8. The number of hydrogen-bond donors (Lipinski definition) is 2. The van der Waals surface area contributed by atoms with Gasteiger partial charge in [0.05, 0.1) is 0 Å². The number of nitrogens with zero attached hydrogens (tertiary/aromatic N) is 1. The Labute approximate surface area is 147 Å². The molecule has 0 radical (unpaired) electrons. The van der Waals surface area contributed by atoms with Crippen molar-refractivity contribution in [2.24, 2.45) is 0 Å². The van der Waals surface area contributed by atoms with E-state index >= 15 is 0 Å². The number of nitrogens with two attached hydrogens (primary N) is 1. The van der Waals surface area contributed by atoms with Crippen molar-refractivity contribution in [3.05, 3.63) is 41.3 Å². The van der Waals surface area contributed by atoms with Gasteiger partial charge in [-0.3, -0.25) is 4.79 Å². The monoisotopic (exact) mass is 373 g/mol. The van der Waals surface area contributed by atoms with Gasteiger partial charge in [0.1, 0.15) is 10.7 Å². The Morgan fingerprint density at radius 3 is 2.42 bits per heavy atom. The Bertz CT molecular complexity index is 860. The number of aryl methyl sites for hydroxylation is 2. The Kier molecular flexibility index (Phi) is 6.04. The van der Waals surface area contributed by atoms with Crippen LogP contribution in [0.5, 0.6) is 0 Å². The Balaban J connectivity index is 0.00000288. The molecule has 0 unspecified atom stereocenters. The van der Waals surface area contributed by atoms with Crippen LogP contribution in [0.1, 0.15) is 21.9 Å². The van der Waals surface area contributed by atoms with E-state index in [0.717, 1.165) is 9.87 Å². The molecule has 1 aromatic carbocycles. The number of halogens is 1. The van der Waals surface area contributed by atoms with Crippen molar-refractivity contribution >= 4 is 39.7 Å². The first kappa shape index (κ1) is 20.0. The summed E-state index contributed by atoms with van der Waals surface area (Å²) in [4.78, 5) is 12.3. The molecule has 0 aliphatic carbocycles. The van der Waals surface area contributed by atoms with Gasteiger partial charge in [-0.1, -0.05) is 6.07 Å². The zero-order chi connectivity index (χ0) is 17.4. The first-order valence-electron chi connectivity index (χ1n) is 6.83. The number of furan rings is 1. The third-order valence-corrected chi connectivity index (χ3v) is 5.29. The Hall–Kier alpha value is -2.03. The minimum Gasteiger partial charge on any atom is -0.455 e. The Morgan fingerprint density at radius 1 is 1.21 bits per heavy atom. The highest BCUT2D eigenvalue weighted by Crippen LogP contribution is 2.24. The normalized spacial score (nSPS) is 11.2. The topological polar surface area (TPSA) is 106 Å². The smallest absolute Gasteiger partial charge is 0.291 e. The molecule has 0 fully saturated rings. The first-order chi connectivity index (χ1) is 10.6. The molecule has 3 N–H and O–H groups in total. The van der Waals surface area contributed by atoms with E-state index < -0.39 is 15.9 Å². The highest BCUT2D eigenvalue weighted by Gasteiger charge is 2.26. The molecule has 0 aliphatic heterocycles. The quantitative estimate of drug-likeness (QED) is 0.800. The van der Waals surface area contributed by atoms with E-state index in [2.05, 4.69) is 5.32 Å². The predicted molar refractivity (Wildman–Crippen MR) is 95.1 cm³/mol. The fourth-order valence-corrected chi connectivity index (χ4v) is 3.04. The molecule has 9 heteroatoms. The second kappa shape index (κ2) is 7.25. The maximum Gasteiger partial charge on any atom is 0.291 e. The van der Waals surface area contributed by atoms with Crippen LogP contribution in [0.25, 0.3) is 0 Å². The van der Waals surface area contributed by atoms with E-state index in [1.165, 1.54) is 27.1 Å².